The molecule has 1 saturated heterocycles. The maximum Gasteiger partial charge on any atom is 0.224 e. The van der Waals surface area contributed by atoms with Crippen molar-refractivity contribution in [2.75, 3.05) is 43.4 Å². The van der Waals surface area contributed by atoms with Gasteiger partial charge in [-0.2, -0.15) is 4.52 Å². The lowest BCUT2D eigenvalue weighted by Crippen LogP contribution is -2.45. The fourth-order valence-electron chi connectivity index (χ4n) is 3.07. The second kappa shape index (κ2) is 7.67. The molecular formula is C18H22N8O. The lowest BCUT2D eigenvalue weighted by atomic mass is 10.2. The summed E-state index contributed by atoms with van der Waals surface area (Å²) in [6, 6.07) is 7.49. The number of hydrogen-bond acceptors (Lipinski definition) is 7. The number of carbonyl (C=O) groups excluding carboxylic acids is 1. The zero-order valence-electron chi connectivity index (χ0n) is 15.2. The first-order chi connectivity index (χ1) is 13.2. The van der Waals surface area contributed by atoms with Crippen LogP contribution in [0.2, 0.25) is 0 Å². The molecule has 4 rings (SSSR count). The fourth-order valence-corrected chi connectivity index (χ4v) is 3.07. The smallest absolute Gasteiger partial charge is 0.224 e. The summed E-state index contributed by atoms with van der Waals surface area (Å²) in [7, 11) is 2.13. The standard InChI is InChI=1S/C18H22N8O/c1-24-9-11-25(12-10-24)17-5-4-15-21-22-16(26(15)23-17)6-7-18(27)20-14-3-2-8-19-13-14/h2-5,8,13H,6-7,9-12H2,1H3,(H,20,27). The Bertz CT molecular complexity index is 918. The largest absolute Gasteiger partial charge is 0.353 e. The van der Waals surface area contributed by atoms with Gasteiger partial charge in [-0.15, -0.1) is 15.3 Å². The van der Waals surface area contributed by atoms with E-state index >= 15 is 0 Å². The van der Waals surface area contributed by atoms with Crippen LogP contribution in [0.1, 0.15) is 12.2 Å². The second-order valence-corrected chi connectivity index (χ2v) is 6.66. The Labute approximate surface area is 157 Å². The summed E-state index contributed by atoms with van der Waals surface area (Å²) in [5.41, 5.74) is 1.37. The number of amides is 1. The predicted octanol–water partition coefficient (Wildman–Crippen LogP) is 0.842. The van der Waals surface area contributed by atoms with Crippen molar-refractivity contribution in [3.63, 3.8) is 0 Å². The number of likely N-dealkylation sites (N-methyl/N-ethyl adjacent to an activating group) is 1. The molecule has 1 fully saturated rings. The monoisotopic (exact) mass is 366 g/mol. The van der Waals surface area contributed by atoms with E-state index < -0.39 is 0 Å². The lowest BCUT2D eigenvalue weighted by Gasteiger charge is -2.33. The molecular weight excluding hydrogens is 344 g/mol. The maximum absolute atomic E-state index is 12.2. The number of rotatable bonds is 5. The van der Waals surface area contributed by atoms with Gasteiger partial charge in [0.05, 0.1) is 11.9 Å². The zero-order valence-corrected chi connectivity index (χ0v) is 15.2. The average molecular weight is 366 g/mol. The van der Waals surface area contributed by atoms with Crippen molar-refractivity contribution in [1.29, 1.82) is 0 Å². The van der Waals surface area contributed by atoms with Gasteiger partial charge in [-0.3, -0.25) is 9.78 Å². The van der Waals surface area contributed by atoms with Gasteiger partial charge in [-0.1, -0.05) is 0 Å². The van der Waals surface area contributed by atoms with E-state index in [1.165, 1.54) is 0 Å². The third-order valence-corrected chi connectivity index (χ3v) is 4.66. The number of nitrogens with zero attached hydrogens (tertiary/aromatic N) is 7. The van der Waals surface area contributed by atoms with Crippen LogP contribution in [0.4, 0.5) is 11.5 Å². The maximum atomic E-state index is 12.2. The van der Waals surface area contributed by atoms with E-state index in [1.807, 2.05) is 12.1 Å². The molecule has 9 nitrogen and oxygen atoms in total. The highest BCUT2D eigenvalue weighted by atomic mass is 16.1. The van der Waals surface area contributed by atoms with Gasteiger partial charge in [-0.05, 0) is 31.3 Å². The van der Waals surface area contributed by atoms with Gasteiger partial charge in [0.25, 0.3) is 0 Å². The number of hydrogen-bond donors (Lipinski definition) is 1. The molecule has 0 aromatic carbocycles. The Hall–Kier alpha value is -3.07. The highest BCUT2D eigenvalue weighted by molar-refractivity contribution is 5.90. The van der Waals surface area contributed by atoms with E-state index in [1.54, 1.807) is 29.0 Å². The van der Waals surface area contributed by atoms with Crippen LogP contribution in [-0.2, 0) is 11.2 Å². The normalized spacial score (nSPS) is 15.2. The van der Waals surface area contributed by atoms with Gasteiger partial charge in [-0.25, -0.2) is 0 Å². The van der Waals surface area contributed by atoms with Crippen LogP contribution < -0.4 is 10.2 Å². The summed E-state index contributed by atoms with van der Waals surface area (Å²) in [5.74, 6) is 1.51. The molecule has 1 amide bonds. The molecule has 0 atom stereocenters. The second-order valence-electron chi connectivity index (χ2n) is 6.66. The van der Waals surface area contributed by atoms with E-state index in [4.69, 9.17) is 5.10 Å². The van der Waals surface area contributed by atoms with Crippen molar-refractivity contribution in [1.82, 2.24) is 29.7 Å². The summed E-state index contributed by atoms with van der Waals surface area (Å²) in [5, 5.41) is 15.9. The highest BCUT2D eigenvalue weighted by Crippen LogP contribution is 2.15. The molecule has 0 spiro atoms. The Morgan fingerprint density at radius 1 is 1.15 bits per heavy atom. The molecule has 0 saturated carbocycles. The quantitative estimate of drug-likeness (QED) is 0.715. The van der Waals surface area contributed by atoms with Crippen molar-refractivity contribution in [2.24, 2.45) is 0 Å². The van der Waals surface area contributed by atoms with Gasteiger partial charge in [0.1, 0.15) is 5.82 Å². The van der Waals surface area contributed by atoms with E-state index in [-0.39, 0.29) is 5.91 Å². The molecule has 140 valence electrons. The van der Waals surface area contributed by atoms with E-state index in [0.717, 1.165) is 32.0 Å². The number of aromatic nitrogens is 5. The number of anilines is 2. The topological polar surface area (TPSA) is 91.5 Å². The van der Waals surface area contributed by atoms with Crippen LogP contribution in [0.15, 0.2) is 36.7 Å². The van der Waals surface area contributed by atoms with Crippen molar-refractivity contribution in [2.45, 2.75) is 12.8 Å². The Morgan fingerprint density at radius 3 is 2.78 bits per heavy atom. The number of nitrogens with one attached hydrogen (secondary N) is 1. The van der Waals surface area contributed by atoms with Gasteiger partial charge < -0.3 is 15.1 Å². The molecule has 0 aliphatic carbocycles. The van der Waals surface area contributed by atoms with Crippen molar-refractivity contribution < 1.29 is 4.79 Å². The summed E-state index contributed by atoms with van der Waals surface area (Å²) in [6.07, 6.45) is 4.05. The first-order valence-electron chi connectivity index (χ1n) is 9.04. The van der Waals surface area contributed by atoms with Gasteiger partial charge >= 0.3 is 0 Å². The number of carbonyl (C=O) groups is 1. The van der Waals surface area contributed by atoms with Crippen molar-refractivity contribution >= 4 is 23.1 Å². The molecule has 0 unspecified atom stereocenters. The van der Waals surface area contributed by atoms with Crippen LogP contribution in [0.5, 0.6) is 0 Å². The van der Waals surface area contributed by atoms with Crippen LogP contribution in [0, 0.1) is 0 Å². The minimum atomic E-state index is -0.0880. The van der Waals surface area contributed by atoms with Crippen LogP contribution >= 0.6 is 0 Å². The number of piperazine rings is 1. The molecule has 1 aliphatic heterocycles. The number of fused-ring (bicyclic) bond motifs is 1. The minimum Gasteiger partial charge on any atom is -0.353 e. The predicted molar refractivity (Wildman–Crippen MR) is 102 cm³/mol. The third kappa shape index (κ3) is 4.03. The van der Waals surface area contributed by atoms with E-state index in [2.05, 4.69) is 37.3 Å². The Morgan fingerprint density at radius 2 is 2.00 bits per heavy atom. The number of aryl methyl sites for hydroxylation is 1. The molecule has 3 aromatic heterocycles. The van der Waals surface area contributed by atoms with Crippen molar-refractivity contribution in [3.05, 3.63) is 42.5 Å². The molecule has 3 aromatic rings. The molecule has 0 bridgehead atoms. The first-order valence-corrected chi connectivity index (χ1v) is 9.04. The summed E-state index contributed by atoms with van der Waals surface area (Å²) in [4.78, 5) is 20.7. The van der Waals surface area contributed by atoms with Gasteiger partial charge in [0.2, 0.25) is 5.91 Å². The molecule has 1 N–H and O–H groups in total. The zero-order chi connectivity index (χ0) is 18.6. The van der Waals surface area contributed by atoms with E-state index in [0.29, 0.717) is 30.0 Å². The third-order valence-electron chi connectivity index (χ3n) is 4.66. The van der Waals surface area contributed by atoms with E-state index in [9.17, 15) is 4.79 Å². The summed E-state index contributed by atoms with van der Waals surface area (Å²) in [6.45, 7) is 3.92. The average Bonchev–Trinajstić information content (AvgIpc) is 3.10. The van der Waals surface area contributed by atoms with Crippen molar-refractivity contribution in [3.8, 4) is 0 Å². The number of pyridine rings is 1. The fraction of sp³-hybridized carbons (Fsp3) is 0.389. The van der Waals surface area contributed by atoms with Crippen LogP contribution in [0.25, 0.3) is 5.65 Å². The highest BCUT2D eigenvalue weighted by Gasteiger charge is 2.17. The molecule has 27 heavy (non-hydrogen) atoms. The van der Waals surface area contributed by atoms with Gasteiger partial charge in [0, 0.05) is 45.2 Å². The lowest BCUT2D eigenvalue weighted by molar-refractivity contribution is -0.116. The summed E-state index contributed by atoms with van der Waals surface area (Å²) >= 11 is 0. The summed E-state index contributed by atoms with van der Waals surface area (Å²) < 4.78 is 1.74. The SMILES string of the molecule is CN1CCN(c2ccc3nnc(CCC(=O)Nc4cccnc4)n3n2)CC1. The minimum absolute atomic E-state index is 0.0880. The Balaban J connectivity index is 1.44. The first kappa shape index (κ1) is 17.3. The van der Waals surface area contributed by atoms with Gasteiger partial charge in [0.15, 0.2) is 11.5 Å². The molecule has 0 radical (unpaired) electrons. The molecule has 4 heterocycles. The van der Waals surface area contributed by atoms with Crippen LogP contribution in [0.3, 0.4) is 0 Å². The molecule has 9 heteroatoms. The Kier molecular flexibility index (Phi) is 4.93. The van der Waals surface area contributed by atoms with Crippen LogP contribution in [-0.4, -0.2) is 68.8 Å². The molecule has 1 aliphatic rings.